The van der Waals surface area contributed by atoms with E-state index in [9.17, 15) is 13.2 Å². The summed E-state index contributed by atoms with van der Waals surface area (Å²) >= 11 is 0. The SMILES string of the molecule is Cc1nc(N2CC(C)C(CC(F)(F)F)C(C)C2)ccc1NC1C2CC3CC1CC(N)(C3)C2. The monoisotopic (exact) mass is 450 g/mol. The number of piperidine rings is 1. The lowest BCUT2D eigenvalue weighted by Gasteiger charge is -2.59. The Bertz CT molecular complexity index is 828. The maximum Gasteiger partial charge on any atom is 0.389 e. The first-order valence-electron chi connectivity index (χ1n) is 12.3. The number of halogens is 3. The van der Waals surface area contributed by atoms with Gasteiger partial charge >= 0.3 is 6.18 Å². The van der Waals surface area contributed by atoms with Crippen LogP contribution in [0.2, 0.25) is 0 Å². The van der Waals surface area contributed by atoms with E-state index in [2.05, 4.69) is 16.3 Å². The number of rotatable bonds is 4. The highest BCUT2D eigenvalue weighted by atomic mass is 19.4. The lowest BCUT2D eigenvalue weighted by Crippen LogP contribution is -2.62. The number of aryl methyl sites for hydroxylation is 1. The zero-order valence-electron chi connectivity index (χ0n) is 19.5. The third-order valence-electron chi connectivity index (χ3n) is 8.98. The molecule has 4 aliphatic carbocycles. The Morgan fingerprint density at radius 3 is 2.25 bits per heavy atom. The molecule has 1 saturated heterocycles. The van der Waals surface area contributed by atoms with Gasteiger partial charge in [0.25, 0.3) is 0 Å². The second-order valence-corrected chi connectivity index (χ2v) is 11.6. The van der Waals surface area contributed by atoms with Gasteiger partial charge in [-0.15, -0.1) is 0 Å². The van der Waals surface area contributed by atoms with Gasteiger partial charge in [0.05, 0.1) is 11.4 Å². The molecule has 4 unspecified atom stereocenters. The van der Waals surface area contributed by atoms with Crippen molar-refractivity contribution in [2.45, 2.75) is 77.1 Å². The highest BCUT2D eigenvalue weighted by Crippen LogP contribution is 2.55. The number of nitrogens with zero attached hydrogens (tertiary/aromatic N) is 2. The lowest BCUT2D eigenvalue weighted by atomic mass is 9.51. The molecule has 0 spiro atoms. The molecule has 1 aromatic rings. The Balaban J connectivity index is 1.26. The van der Waals surface area contributed by atoms with Gasteiger partial charge in [-0.05, 0) is 86.7 Å². The summed E-state index contributed by atoms with van der Waals surface area (Å²) in [4.78, 5) is 7.05. The average Bonchev–Trinajstić information content (AvgIpc) is 2.66. The molecule has 1 aliphatic heterocycles. The van der Waals surface area contributed by atoms with E-state index in [1.165, 1.54) is 19.3 Å². The van der Waals surface area contributed by atoms with E-state index in [1.54, 1.807) is 0 Å². The van der Waals surface area contributed by atoms with Gasteiger partial charge in [-0.3, -0.25) is 0 Å². The van der Waals surface area contributed by atoms with Crippen LogP contribution < -0.4 is 16.0 Å². The Labute approximate surface area is 189 Å². The molecule has 2 heterocycles. The minimum Gasteiger partial charge on any atom is -0.380 e. The van der Waals surface area contributed by atoms with Crippen LogP contribution in [0.1, 0.15) is 58.1 Å². The van der Waals surface area contributed by atoms with Crippen molar-refractivity contribution in [1.82, 2.24) is 4.98 Å². The third kappa shape index (κ3) is 4.22. The first-order valence-corrected chi connectivity index (χ1v) is 12.3. The number of nitrogens with one attached hydrogen (secondary N) is 1. The molecule has 4 bridgehead atoms. The second kappa shape index (κ2) is 7.78. The maximum atomic E-state index is 13.0. The van der Waals surface area contributed by atoms with Crippen molar-refractivity contribution >= 4 is 11.5 Å². The van der Waals surface area contributed by atoms with Crippen molar-refractivity contribution in [3.8, 4) is 0 Å². The normalized spacial score (nSPS) is 41.2. The Kier molecular flexibility index (Phi) is 5.42. The van der Waals surface area contributed by atoms with Crippen molar-refractivity contribution in [2.75, 3.05) is 23.3 Å². The van der Waals surface area contributed by atoms with Gasteiger partial charge in [-0.25, -0.2) is 4.98 Å². The van der Waals surface area contributed by atoms with Gasteiger partial charge in [0.15, 0.2) is 0 Å². The number of anilines is 2. The summed E-state index contributed by atoms with van der Waals surface area (Å²) < 4.78 is 39.0. The standard InChI is InChI=1S/C25H37F3N4/c1-14-12-32(13-15(2)20(14)11-25(26,27)28)22-5-4-21(16(3)30-22)31-23-18-6-17-7-19(23)10-24(29,8-17)9-18/h4-5,14-15,17-20,23,31H,6-13,29H2,1-3H3. The third-order valence-corrected chi connectivity index (χ3v) is 8.98. The van der Waals surface area contributed by atoms with Crippen molar-refractivity contribution in [2.24, 2.45) is 41.2 Å². The molecule has 4 atom stereocenters. The molecule has 5 fully saturated rings. The van der Waals surface area contributed by atoms with Crippen molar-refractivity contribution in [1.29, 1.82) is 0 Å². The van der Waals surface area contributed by atoms with Gasteiger partial charge in [0, 0.05) is 31.1 Å². The molecule has 7 heteroatoms. The van der Waals surface area contributed by atoms with Crippen LogP contribution in [0.4, 0.5) is 24.7 Å². The second-order valence-electron chi connectivity index (χ2n) is 11.6. The highest BCUT2D eigenvalue weighted by molar-refractivity contribution is 5.54. The quantitative estimate of drug-likeness (QED) is 0.648. The van der Waals surface area contributed by atoms with Crippen molar-refractivity contribution < 1.29 is 13.2 Å². The molecule has 1 aromatic heterocycles. The fraction of sp³-hybridized carbons (Fsp3) is 0.800. The van der Waals surface area contributed by atoms with Crippen molar-refractivity contribution in [3.05, 3.63) is 17.8 Å². The molecule has 3 N–H and O–H groups in total. The molecule has 6 rings (SSSR count). The van der Waals surface area contributed by atoms with Crippen LogP contribution in [0.3, 0.4) is 0 Å². The number of alkyl halides is 3. The van der Waals surface area contributed by atoms with E-state index < -0.39 is 12.6 Å². The van der Waals surface area contributed by atoms with Gasteiger partial charge in [-0.1, -0.05) is 13.8 Å². The van der Waals surface area contributed by atoms with Crippen LogP contribution in [-0.4, -0.2) is 35.8 Å². The van der Waals surface area contributed by atoms with Crippen LogP contribution in [0.25, 0.3) is 0 Å². The molecule has 178 valence electrons. The van der Waals surface area contributed by atoms with Crippen LogP contribution in [0.15, 0.2) is 12.1 Å². The summed E-state index contributed by atoms with van der Waals surface area (Å²) in [5.74, 6) is 2.63. The number of aromatic nitrogens is 1. The summed E-state index contributed by atoms with van der Waals surface area (Å²) in [5, 5.41) is 3.83. The molecule has 4 saturated carbocycles. The highest BCUT2D eigenvalue weighted by Gasteiger charge is 2.53. The number of pyridine rings is 1. The van der Waals surface area contributed by atoms with E-state index in [4.69, 9.17) is 10.7 Å². The zero-order valence-corrected chi connectivity index (χ0v) is 19.5. The summed E-state index contributed by atoms with van der Waals surface area (Å²) in [6, 6.07) is 4.64. The molecule has 5 aliphatic rings. The molecular weight excluding hydrogens is 413 g/mol. The van der Waals surface area contributed by atoms with E-state index in [1.807, 2.05) is 26.8 Å². The smallest absolute Gasteiger partial charge is 0.380 e. The number of hydrogen-bond donors (Lipinski definition) is 2. The summed E-state index contributed by atoms with van der Waals surface area (Å²) in [5.41, 5.74) is 8.79. The first-order chi connectivity index (χ1) is 15.0. The molecule has 0 amide bonds. The van der Waals surface area contributed by atoms with E-state index in [-0.39, 0.29) is 23.3 Å². The fourth-order valence-corrected chi connectivity index (χ4v) is 7.84. The zero-order chi connectivity index (χ0) is 22.8. The topological polar surface area (TPSA) is 54.2 Å². The van der Waals surface area contributed by atoms with Crippen molar-refractivity contribution in [3.63, 3.8) is 0 Å². The Morgan fingerprint density at radius 1 is 1.09 bits per heavy atom. The van der Waals surface area contributed by atoms with Gasteiger partial charge in [-0.2, -0.15) is 13.2 Å². The predicted octanol–water partition coefficient (Wildman–Crippen LogP) is 5.37. The largest absolute Gasteiger partial charge is 0.389 e. The van der Waals surface area contributed by atoms with Crippen LogP contribution in [0.5, 0.6) is 0 Å². The van der Waals surface area contributed by atoms with Crippen LogP contribution in [-0.2, 0) is 0 Å². The van der Waals surface area contributed by atoms with Crippen LogP contribution in [0, 0.1) is 42.4 Å². The van der Waals surface area contributed by atoms with E-state index in [0.717, 1.165) is 36.0 Å². The predicted molar refractivity (Wildman–Crippen MR) is 122 cm³/mol. The van der Waals surface area contributed by atoms with Gasteiger partial charge < -0.3 is 16.0 Å². The molecular formula is C25H37F3N4. The van der Waals surface area contributed by atoms with E-state index >= 15 is 0 Å². The minimum atomic E-state index is -4.10. The molecule has 32 heavy (non-hydrogen) atoms. The maximum absolute atomic E-state index is 13.0. The number of hydrogen-bond acceptors (Lipinski definition) is 4. The Hall–Kier alpha value is -1.50. The fourth-order valence-electron chi connectivity index (χ4n) is 7.84. The van der Waals surface area contributed by atoms with Gasteiger partial charge in [0.2, 0.25) is 0 Å². The average molecular weight is 451 g/mol. The number of nitrogens with two attached hydrogens (primary N) is 1. The van der Waals surface area contributed by atoms with Crippen LogP contribution >= 0.6 is 0 Å². The Morgan fingerprint density at radius 2 is 1.72 bits per heavy atom. The minimum absolute atomic E-state index is 0.0167. The molecule has 4 nitrogen and oxygen atoms in total. The lowest BCUT2D eigenvalue weighted by molar-refractivity contribution is -0.153. The summed E-state index contributed by atoms with van der Waals surface area (Å²) in [7, 11) is 0. The summed E-state index contributed by atoms with van der Waals surface area (Å²) in [6.45, 7) is 7.17. The van der Waals surface area contributed by atoms with E-state index in [0.29, 0.717) is 31.0 Å². The van der Waals surface area contributed by atoms with Gasteiger partial charge in [0.1, 0.15) is 5.82 Å². The summed E-state index contributed by atoms with van der Waals surface area (Å²) in [6.07, 6.45) is 1.26. The molecule has 0 aromatic carbocycles. The first kappa shape index (κ1) is 22.3. The molecule has 0 radical (unpaired) electrons.